The van der Waals surface area contributed by atoms with Crippen LogP contribution in [0.5, 0.6) is 0 Å². The predicted octanol–water partition coefficient (Wildman–Crippen LogP) is 4.79. The Bertz CT molecular complexity index is 794. The van der Waals surface area contributed by atoms with Gasteiger partial charge in [-0.25, -0.2) is 0 Å². The third-order valence-corrected chi connectivity index (χ3v) is 4.09. The summed E-state index contributed by atoms with van der Waals surface area (Å²) in [5.74, 6) is -5.69. The monoisotopic (exact) mass is 425 g/mol. The van der Waals surface area contributed by atoms with Crippen molar-refractivity contribution in [2.24, 2.45) is 0 Å². The molecule has 1 N–H and O–H groups in total. The number of halogens is 6. The molecule has 0 aliphatic carbocycles. The third kappa shape index (κ3) is 3.11. The zero-order valence-corrected chi connectivity index (χ0v) is 13.7. The van der Waals surface area contributed by atoms with Gasteiger partial charge in [-0.2, -0.15) is 22.0 Å². The molecule has 134 valence electrons. The molecular weight excluding hydrogens is 417 g/mol. The van der Waals surface area contributed by atoms with Crippen LogP contribution in [0, 0.1) is 10.1 Å². The Balaban J connectivity index is 2.88. The highest BCUT2D eigenvalue weighted by molar-refractivity contribution is 9.10. The van der Waals surface area contributed by atoms with Gasteiger partial charge in [0.2, 0.25) is 0 Å². The summed E-state index contributed by atoms with van der Waals surface area (Å²) in [5.41, 5.74) is -7.05. The van der Waals surface area contributed by atoms with Crippen LogP contribution < -0.4 is 0 Å². The number of aliphatic hydroxyl groups is 1. The van der Waals surface area contributed by atoms with Crippen LogP contribution in [0.15, 0.2) is 53.0 Å². The smallest absolute Gasteiger partial charge is 0.374 e. The van der Waals surface area contributed by atoms with Crippen LogP contribution in [-0.2, 0) is 5.60 Å². The van der Waals surface area contributed by atoms with E-state index in [1.807, 2.05) is 0 Å². The second-order valence-corrected chi connectivity index (χ2v) is 5.98. The quantitative estimate of drug-likeness (QED) is 0.435. The van der Waals surface area contributed by atoms with E-state index < -0.39 is 39.4 Å². The van der Waals surface area contributed by atoms with E-state index in [0.717, 1.165) is 42.5 Å². The van der Waals surface area contributed by atoms with Gasteiger partial charge in [-0.3, -0.25) is 10.1 Å². The summed E-state index contributed by atoms with van der Waals surface area (Å²) < 4.78 is 68.0. The minimum atomic E-state index is -6.15. The van der Waals surface area contributed by atoms with E-state index in [2.05, 4.69) is 15.9 Å². The van der Waals surface area contributed by atoms with E-state index in [-0.39, 0.29) is 0 Å². The van der Waals surface area contributed by atoms with Gasteiger partial charge in [-0.15, -0.1) is 0 Å². The number of hydrogen-bond donors (Lipinski definition) is 1. The van der Waals surface area contributed by atoms with E-state index in [4.69, 9.17) is 0 Å². The maximum absolute atomic E-state index is 14.3. The molecule has 0 amide bonds. The van der Waals surface area contributed by atoms with Crippen LogP contribution in [0.3, 0.4) is 0 Å². The molecule has 0 bridgehead atoms. The van der Waals surface area contributed by atoms with Gasteiger partial charge in [0.25, 0.3) is 5.69 Å². The molecule has 0 aromatic heterocycles. The summed E-state index contributed by atoms with van der Waals surface area (Å²) in [7, 11) is 0. The zero-order valence-electron chi connectivity index (χ0n) is 12.1. The van der Waals surface area contributed by atoms with Crippen molar-refractivity contribution in [3.8, 4) is 0 Å². The number of rotatable bonds is 4. The molecule has 10 heteroatoms. The van der Waals surface area contributed by atoms with Crippen molar-refractivity contribution in [3.05, 3.63) is 74.2 Å². The zero-order chi connectivity index (χ0) is 19.0. The van der Waals surface area contributed by atoms with Gasteiger partial charge in [0, 0.05) is 10.5 Å². The Labute approximate surface area is 146 Å². The largest absolute Gasteiger partial charge is 0.457 e. The molecule has 2 rings (SSSR count). The van der Waals surface area contributed by atoms with Crippen molar-refractivity contribution in [1.82, 2.24) is 0 Å². The lowest BCUT2D eigenvalue weighted by atomic mass is 9.79. The van der Waals surface area contributed by atoms with Crippen molar-refractivity contribution < 1.29 is 32.0 Å². The topological polar surface area (TPSA) is 63.4 Å². The molecule has 0 heterocycles. The molecule has 2 aromatic carbocycles. The maximum Gasteiger partial charge on any atom is 0.457 e. The first-order valence-corrected chi connectivity index (χ1v) is 7.39. The van der Waals surface area contributed by atoms with Crippen molar-refractivity contribution >= 4 is 21.6 Å². The van der Waals surface area contributed by atoms with Crippen LogP contribution >= 0.6 is 15.9 Å². The minimum Gasteiger partial charge on any atom is -0.374 e. The van der Waals surface area contributed by atoms with E-state index in [1.165, 1.54) is 0 Å². The summed E-state index contributed by atoms with van der Waals surface area (Å²) in [4.78, 5) is 9.96. The van der Waals surface area contributed by atoms with Crippen molar-refractivity contribution in [2.45, 2.75) is 17.7 Å². The van der Waals surface area contributed by atoms with Gasteiger partial charge >= 0.3 is 12.1 Å². The van der Waals surface area contributed by atoms with Crippen LogP contribution in [0.2, 0.25) is 0 Å². The number of nitrogens with zero attached hydrogens (tertiary/aromatic N) is 1. The Hall–Kier alpha value is -2.07. The molecule has 0 aliphatic rings. The molecule has 0 radical (unpaired) electrons. The van der Waals surface area contributed by atoms with E-state index >= 15 is 0 Å². The molecule has 1 unspecified atom stereocenters. The summed E-state index contributed by atoms with van der Waals surface area (Å²) in [6.07, 6.45) is -6.15. The highest BCUT2D eigenvalue weighted by Crippen LogP contribution is 2.53. The molecule has 1 atom stereocenters. The second-order valence-electron chi connectivity index (χ2n) is 5.06. The first kappa shape index (κ1) is 19.3. The molecule has 0 fully saturated rings. The lowest BCUT2D eigenvalue weighted by Gasteiger charge is -2.37. The number of nitro benzene ring substituents is 1. The molecule has 25 heavy (non-hydrogen) atoms. The minimum absolute atomic E-state index is 0.358. The Morgan fingerprint density at radius 3 is 1.96 bits per heavy atom. The molecule has 4 nitrogen and oxygen atoms in total. The van der Waals surface area contributed by atoms with Gasteiger partial charge in [0.05, 0.1) is 10.5 Å². The SMILES string of the molecule is O=[N+]([O-])c1ccccc1C(O)(c1ccc(Br)cc1)C(F)(F)C(F)(F)F. The fraction of sp³-hybridized carbons (Fsp3) is 0.200. The fourth-order valence-electron chi connectivity index (χ4n) is 2.34. The van der Waals surface area contributed by atoms with Crippen LogP contribution in [0.25, 0.3) is 0 Å². The second kappa shape index (κ2) is 6.34. The Morgan fingerprint density at radius 1 is 0.960 bits per heavy atom. The summed E-state index contributed by atoms with van der Waals surface area (Å²) in [6.45, 7) is 0. The lowest BCUT2D eigenvalue weighted by Crippen LogP contribution is -2.55. The van der Waals surface area contributed by atoms with E-state index in [9.17, 15) is 37.2 Å². The fourth-order valence-corrected chi connectivity index (χ4v) is 2.61. The summed E-state index contributed by atoms with van der Waals surface area (Å²) >= 11 is 3.00. The number of hydrogen-bond acceptors (Lipinski definition) is 3. The Morgan fingerprint density at radius 2 is 1.48 bits per heavy atom. The lowest BCUT2D eigenvalue weighted by molar-refractivity contribution is -0.389. The normalized spacial score (nSPS) is 14.8. The van der Waals surface area contributed by atoms with Crippen LogP contribution in [0.4, 0.5) is 27.6 Å². The standard InChI is InChI=1S/C15H9BrF5NO3/c16-10-7-5-9(6-8-10)13(23,14(17,18)15(19,20)21)11-3-1-2-4-12(11)22(24)25/h1-8,23H. The molecule has 0 saturated carbocycles. The number of para-hydroxylation sites is 1. The van der Waals surface area contributed by atoms with Crippen LogP contribution in [-0.4, -0.2) is 22.1 Å². The molecule has 2 aromatic rings. The van der Waals surface area contributed by atoms with Crippen molar-refractivity contribution in [1.29, 1.82) is 0 Å². The van der Waals surface area contributed by atoms with Gasteiger partial charge in [-0.05, 0) is 23.8 Å². The molecule has 0 spiro atoms. The van der Waals surface area contributed by atoms with Gasteiger partial charge in [0.1, 0.15) is 0 Å². The van der Waals surface area contributed by atoms with E-state index in [1.54, 1.807) is 0 Å². The summed E-state index contributed by atoms with van der Waals surface area (Å²) in [6, 6.07) is 7.48. The average molecular weight is 426 g/mol. The number of alkyl halides is 5. The maximum atomic E-state index is 14.3. The number of nitro groups is 1. The van der Waals surface area contributed by atoms with E-state index in [0.29, 0.717) is 10.5 Å². The molecule has 0 aliphatic heterocycles. The van der Waals surface area contributed by atoms with Crippen molar-refractivity contribution in [2.75, 3.05) is 0 Å². The average Bonchev–Trinajstić information content (AvgIpc) is 2.53. The summed E-state index contributed by atoms with van der Waals surface area (Å²) in [5, 5.41) is 21.6. The third-order valence-electron chi connectivity index (χ3n) is 3.56. The Kier molecular flexibility index (Phi) is 4.88. The highest BCUT2D eigenvalue weighted by atomic mass is 79.9. The van der Waals surface area contributed by atoms with Gasteiger partial charge in [0.15, 0.2) is 5.60 Å². The highest BCUT2D eigenvalue weighted by Gasteiger charge is 2.72. The molecular formula is C15H9BrF5NO3. The molecule has 0 saturated heterocycles. The van der Waals surface area contributed by atoms with Crippen molar-refractivity contribution in [3.63, 3.8) is 0 Å². The number of benzene rings is 2. The van der Waals surface area contributed by atoms with Crippen LogP contribution in [0.1, 0.15) is 11.1 Å². The predicted molar refractivity (Wildman–Crippen MR) is 81.2 cm³/mol. The van der Waals surface area contributed by atoms with Gasteiger partial charge in [-0.1, -0.05) is 40.2 Å². The first-order chi connectivity index (χ1) is 11.4. The first-order valence-electron chi connectivity index (χ1n) is 6.59. The van der Waals surface area contributed by atoms with Gasteiger partial charge < -0.3 is 5.11 Å².